The average Bonchev–Trinajstić information content (AvgIpc) is 2.66. The van der Waals surface area contributed by atoms with Crippen LogP contribution in [0.5, 0.6) is 0 Å². The third-order valence-corrected chi connectivity index (χ3v) is 3.80. The molecular formula is C12H21NOS. The van der Waals surface area contributed by atoms with Crippen molar-refractivity contribution < 1.29 is 5.11 Å². The molecule has 0 saturated carbocycles. The summed E-state index contributed by atoms with van der Waals surface area (Å²) in [5.74, 6) is 0. The van der Waals surface area contributed by atoms with Gasteiger partial charge in [0.1, 0.15) is 0 Å². The molecule has 1 rings (SSSR count). The summed E-state index contributed by atoms with van der Waals surface area (Å²) in [5.41, 5.74) is 0. The fraction of sp³-hybridized carbons (Fsp3) is 0.667. The van der Waals surface area contributed by atoms with Crippen LogP contribution in [0.25, 0.3) is 0 Å². The van der Waals surface area contributed by atoms with Gasteiger partial charge in [0.15, 0.2) is 0 Å². The second-order valence-corrected chi connectivity index (χ2v) is 5.10. The second kappa shape index (κ2) is 6.26. The lowest BCUT2D eigenvalue weighted by Crippen LogP contribution is -2.25. The molecule has 15 heavy (non-hydrogen) atoms. The highest BCUT2D eigenvalue weighted by Crippen LogP contribution is 2.24. The fourth-order valence-electron chi connectivity index (χ4n) is 1.62. The van der Waals surface area contributed by atoms with E-state index in [1.54, 1.807) is 11.3 Å². The van der Waals surface area contributed by atoms with Gasteiger partial charge in [-0.15, -0.1) is 11.3 Å². The van der Waals surface area contributed by atoms with Crippen molar-refractivity contribution in [3.05, 3.63) is 21.9 Å². The maximum absolute atomic E-state index is 9.96. The quantitative estimate of drug-likeness (QED) is 0.808. The van der Waals surface area contributed by atoms with Crippen molar-refractivity contribution in [2.75, 3.05) is 19.6 Å². The second-order valence-electron chi connectivity index (χ2n) is 3.78. The van der Waals surface area contributed by atoms with Crippen molar-refractivity contribution in [1.82, 2.24) is 4.90 Å². The van der Waals surface area contributed by atoms with Crippen LogP contribution in [0.3, 0.4) is 0 Å². The Morgan fingerprint density at radius 3 is 2.47 bits per heavy atom. The van der Waals surface area contributed by atoms with Gasteiger partial charge in [0.25, 0.3) is 0 Å². The summed E-state index contributed by atoms with van der Waals surface area (Å²) in [6.45, 7) is 9.49. The lowest BCUT2D eigenvalue weighted by molar-refractivity contribution is 0.148. The predicted molar refractivity (Wildman–Crippen MR) is 66.4 cm³/mol. The first kappa shape index (κ1) is 12.7. The molecule has 0 saturated heterocycles. The third-order valence-electron chi connectivity index (χ3n) is 2.70. The Morgan fingerprint density at radius 1 is 1.33 bits per heavy atom. The highest BCUT2D eigenvalue weighted by molar-refractivity contribution is 7.11. The molecular weight excluding hydrogens is 206 g/mol. The Bertz CT molecular complexity index is 281. The molecule has 0 bridgehead atoms. The number of aliphatic hydroxyl groups excluding tert-OH is 1. The fourth-order valence-corrected chi connectivity index (χ4v) is 2.52. The van der Waals surface area contributed by atoms with Crippen LogP contribution in [0.15, 0.2) is 12.1 Å². The van der Waals surface area contributed by atoms with E-state index in [2.05, 4.69) is 31.7 Å². The molecule has 86 valence electrons. The van der Waals surface area contributed by atoms with E-state index in [4.69, 9.17) is 0 Å². The van der Waals surface area contributed by atoms with Gasteiger partial charge in [0.05, 0.1) is 6.10 Å². The first-order valence-corrected chi connectivity index (χ1v) is 6.45. The number of thiophene rings is 1. The van der Waals surface area contributed by atoms with E-state index in [1.165, 1.54) is 4.88 Å². The van der Waals surface area contributed by atoms with Crippen LogP contribution < -0.4 is 0 Å². The van der Waals surface area contributed by atoms with Gasteiger partial charge in [-0.25, -0.2) is 0 Å². The Hall–Kier alpha value is -0.380. The minimum Gasteiger partial charge on any atom is -0.388 e. The van der Waals surface area contributed by atoms with Crippen molar-refractivity contribution in [3.8, 4) is 0 Å². The van der Waals surface area contributed by atoms with Gasteiger partial charge in [-0.1, -0.05) is 13.8 Å². The zero-order valence-electron chi connectivity index (χ0n) is 9.86. The first-order chi connectivity index (χ1) is 7.17. The molecule has 1 unspecified atom stereocenters. The van der Waals surface area contributed by atoms with E-state index in [-0.39, 0.29) is 6.10 Å². The minimum absolute atomic E-state index is 0.288. The minimum atomic E-state index is -0.288. The standard InChI is InChI=1S/C12H21NOS/c1-4-13(5-2)9-8-11(14)12-7-6-10(3)15-12/h6-7,11,14H,4-5,8-9H2,1-3H3. The van der Waals surface area contributed by atoms with Crippen LogP contribution in [0, 0.1) is 6.92 Å². The average molecular weight is 227 g/mol. The molecule has 3 heteroatoms. The number of aryl methyl sites for hydroxylation is 1. The number of hydrogen-bond acceptors (Lipinski definition) is 3. The number of aliphatic hydroxyl groups is 1. The number of rotatable bonds is 6. The van der Waals surface area contributed by atoms with Crippen molar-refractivity contribution in [3.63, 3.8) is 0 Å². The molecule has 1 aromatic rings. The van der Waals surface area contributed by atoms with Crippen LogP contribution in [-0.2, 0) is 0 Å². The molecule has 0 aliphatic heterocycles. The molecule has 1 aromatic heterocycles. The molecule has 0 spiro atoms. The molecule has 1 atom stereocenters. The molecule has 0 radical (unpaired) electrons. The zero-order valence-corrected chi connectivity index (χ0v) is 10.7. The molecule has 0 aliphatic rings. The molecule has 1 N–H and O–H groups in total. The van der Waals surface area contributed by atoms with Gasteiger partial charge in [0, 0.05) is 16.3 Å². The van der Waals surface area contributed by atoms with E-state index in [1.807, 2.05) is 6.07 Å². The lowest BCUT2D eigenvalue weighted by atomic mass is 10.2. The maximum atomic E-state index is 9.96. The summed E-state index contributed by atoms with van der Waals surface area (Å²) >= 11 is 1.69. The summed E-state index contributed by atoms with van der Waals surface area (Å²) in [6, 6.07) is 4.10. The van der Waals surface area contributed by atoms with Gasteiger partial charge in [-0.2, -0.15) is 0 Å². The van der Waals surface area contributed by atoms with E-state index in [9.17, 15) is 5.11 Å². The Kier molecular flexibility index (Phi) is 5.29. The van der Waals surface area contributed by atoms with Crippen LogP contribution in [0.4, 0.5) is 0 Å². The molecule has 0 amide bonds. The van der Waals surface area contributed by atoms with Crippen molar-refractivity contribution in [2.45, 2.75) is 33.3 Å². The topological polar surface area (TPSA) is 23.5 Å². The molecule has 0 aromatic carbocycles. The third kappa shape index (κ3) is 3.93. The first-order valence-electron chi connectivity index (χ1n) is 5.64. The SMILES string of the molecule is CCN(CC)CCC(O)c1ccc(C)s1. The maximum Gasteiger partial charge on any atom is 0.0894 e. The summed E-state index contributed by atoms with van der Waals surface area (Å²) in [7, 11) is 0. The van der Waals surface area contributed by atoms with Crippen LogP contribution in [0.2, 0.25) is 0 Å². The molecule has 2 nitrogen and oxygen atoms in total. The van der Waals surface area contributed by atoms with E-state index in [0.717, 1.165) is 30.9 Å². The van der Waals surface area contributed by atoms with Crippen LogP contribution >= 0.6 is 11.3 Å². The van der Waals surface area contributed by atoms with Gasteiger partial charge in [-0.05, 0) is 38.6 Å². The van der Waals surface area contributed by atoms with Gasteiger partial charge >= 0.3 is 0 Å². The number of nitrogens with zero attached hydrogens (tertiary/aromatic N) is 1. The zero-order chi connectivity index (χ0) is 11.3. The van der Waals surface area contributed by atoms with Crippen LogP contribution in [0.1, 0.15) is 36.1 Å². The lowest BCUT2D eigenvalue weighted by Gasteiger charge is -2.19. The van der Waals surface area contributed by atoms with E-state index >= 15 is 0 Å². The monoisotopic (exact) mass is 227 g/mol. The van der Waals surface area contributed by atoms with Crippen molar-refractivity contribution in [1.29, 1.82) is 0 Å². The van der Waals surface area contributed by atoms with Crippen LogP contribution in [-0.4, -0.2) is 29.6 Å². The van der Waals surface area contributed by atoms with Gasteiger partial charge < -0.3 is 10.0 Å². The van der Waals surface area contributed by atoms with E-state index < -0.39 is 0 Å². The summed E-state index contributed by atoms with van der Waals surface area (Å²) in [5, 5.41) is 9.96. The van der Waals surface area contributed by atoms with Gasteiger partial charge in [-0.3, -0.25) is 0 Å². The summed E-state index contributed by atoms with van der Waals surface area (Å²) in [4.78, 5) is 4.70. The molecule has 0 fully saturated rings. The summed E-state index contributed by atoms with van der Waals surface area (Å²) in [6.07, 6.45) is 0.547. The smallest absolute Gasteiger partial charge is 0.0894 e. The Balaban J connectivity index is 2.39. The molecule has 0 aliphatic carbocycles. The Labute approximate surface area is 96.5 Å². The molecule has 1 heterocycles. The Morgan fingerprint density at radius 2 is 2.00 bits per heavy atom. The largest absolute Gasteiger partial charge is 0.388 e. The van der Waals surface area contributed by atoms with E-state index in [0.29, 0.717) is 0 Å². The van der Waals surface area contributed by atoms with Crippen molar-refractivity contribution >= 4 is 11.3 Å². The normalized spacial score (nSPS) is 13.4. The number of hydrogen-bond donors (Lipinski definition) is 1. The predicted octanol–water partition coefficient (Wildman–Crippen LogP) is 2.82. The summed E-state index contributed by atoms with van der Waals surface area (Å²) < 4.78 is 0. The highest BCUT2D eigenvalue weighted by Gasteiger charge is 2.10. The van der Waals surface area contributed by atoms with Crippen molar-refractivity contribution in [2.24, 2.45) is 0 Å². The van der Waals surface area contributed by atoms with Gasteiger partial charge in [0.2, 0.25) is 0 Å². The highest BCUT2D eigenvalue weighted by atomic mass is 32.1.